The molecule has 0 saturated heterocycles. The molecule has 0 aliphatic rings. The highest BCUT2D eigenvalue weighted by Crippen LogP contribution is 2.20. The van der Waals surface area contributed by atoms with E-state index in [0.29, 0.717) is 11.0 Å². The lowest BCUT2D eigenvalue weighted by atomic mass is 10.4. The van der Waals surface area contributed by atoms with Crippen LogP contribution in [-0.2, 0) is 6.54 Å². The Morgan fingerprint density at radius 1 is 1.50 bits per heavy atom. The molecular formula is C9H5Br2ClN2OS. The summed E-state index contributed by atoms with van der Waals surface area (Å²) in [6.45, 7) is 0.498. The summed E-state index contributed by atoms with van der Waals surface area (Å²) in [5.41, 5.74) is -0.176. The zero-order valence-corrected chi connectivity index (χ0v) is 12.5. The number of hydrogen-bond donors (Lipinski definition) is 0. The van der Waals surface area contributed by atoms with Crippen LogP contribution in [0.4, 0.5) is 0 Å². The molecule has 0 unspecified atom stereocenters. The van der Waals surface area contributed by atoms with Crippen LogP contribution in [0.25, 0.3) is 0 Å². The minimum Gasteiger partial charge on any atom is -0.293 e. The molecule has 2 rings (SSSR count). The van der Waals surface area contributed by atoms with Gasteiger partial charge in [0.25, 0.3) is 5.56 Å². The summed E-state index contributed by atoms with van der Waals surface area (Å²) >= 11 is 13.8. The van der Waals surface area contributed by atoms with Crippen molar-refractivity contribution in [1.82, 2.24) is 9.55 Å². The summed E-state index contributed by atoms with van der Waals surface area (Å²) in [4.78, 5) is 16.8. The zero-order valence-electron chi connectivity index (χ0n) is 7.78. The van der Waals surface area contributed by atoms with Crippen molar-refractivity contribution in [2.45, 2.75) is 6.54 Å². The lowest BCUT2D eigenvalue weighted by Gasteiger charge is -2.03. The van der Waals surface area contributed by atoms with Gasteiger partial charge in [-0.15, -0.1) is 11.3 Å². The summed E-state index contributed by atoms with van der Waals surface area (Å²) in [5.74, 6) is 0. The Bertz CT molecular complexity index is 581. The molecule has 0 bridgehead atoms. The van der Waals surface area contributed by atoms with Crippen molar-refractivity contribution in [2.75, 3.05) is 0 Å². The van der Waals surface area contributed by atoms with Crippen molar-refractivity contribution in [2.24, 2.45) is 0 Å². The van der Waals surface area contributed by atoms with Gasteiger partial charge < -0.3 is 0 Å². The normalized spacial score (nSPS) is 10.7. The van der Waals surface area contributed by atoms with Crippen LogP contribution in [0.1, 0.15) is 4.88 Å². The summed E-state index contributed by atoms with van der Waals surface area (Å²) in [6, 6.07) is 1.97. The van der Waals surface area contributed by atoms with Gasteiger partial charge >= 0.3 is 0 Å². The van der Waals surface area contributed by atoms with E-state index in [-0.39, 0.29) is 10.7 Å². The van der Waals surface area contributed by atoms with E-state index in [9.17, 15) is 4.79 Å². The first-order valence-corrected chi connectivity index (χ1v) is 7.05. The molecule has 0 fully saturated rings. The van der Waals surface area contributed by atoms with E-state index < -0.39 is 0 Å². The van der Waals surface area contributed by atoms with Gasteiger partial charge in [0.05, 0.1) is 12.9 Å². The molecule has 0 radical (unpaired) electrons. The third-order valence-electron chi connectivity index (χ3n) is 1.89. The molecule has 2 aromatic rings. The molecule has 2 heterocycles. The minimum atomic E-state index is -0.176. The van der Waals surface area contributed by atoms with Crippen LogP contribution < -0.4 is 5.56 Å². The molecule has 0 aromatic carbocycles. The summed E-state index contributed by atoms with van der Waals surface area (Å²) in [5, 5.41) is 2.16. The molecule has 0 aliphatic carbocycles. The standard InChI is InChI=1S/C9H5Br2ClN2OS/c10-5-1-6(16-3-5)2-14-4-13-8(12)7(11)9(14)15/h1,3-4H,2H2. The van der Waals surface area contributed by atoms with Crippen molar-refractivity contribution in [3.05, 3.63) is 47.1 Å². The molecule has 0 aliphatic heterocycles. The predicted octanol–water partition coefficient (Wildman–Crippen LogP) is 3.53. The fourth-order valence-corrected chi connectivity index (χ4v) is 3.06. The van der Waals surface area contributed by atoms with E-state index in [1.807, 2.05) is 11.4 Å². The molecule has 2 aromatic heterocycles. The highest BCUT2D eigenvalue weighted by molar-refractivity contribution is 9.10. The van der Waals surface area contributed by atoms with E-state index in [2.05, 4.69) is 36.8 Å². The van der Waals surface area contributed by atoms with E-state index in [4.69, 9.17) is 11.6 Å². The number of nitrogens with zero attached hydrogens (tertiary/aromatic N) is 2. The molecule has 0 spiro atoms. The molecule has 0 atom stereocenters. The molecule has 0 amide bonds. The third-order valence-corrected chi connectivity index (χ3v) is 4.80. The maximum atomic E-state index is 11.8. The molecule has 16 heavy (non-hydrogen) atoms. The van der Waals surface area contributed by atoms with Gasteiger partial charge in [-0.1, -0.05) is 11.6 Å². The number of halogens is 3. The van der Waals surface area contributed by atoms with Crippen LogP contribution >= 0.6 is 54.8 Å². The number of rotatable bonds is 2. The zero-order chi connectivity index (χ0) is 11.7. The minimum absolute atomic E-state index is 0.176. The first-order chi connectivity index (χ1) is 7.58. The maximum Gasteiger partial charge on any atom is 0.269 e. The summed E-state index contributed by atoms with van der Waals surface area (Å²) in [7, 11) is 0. The van der Waals surface area contributed by atoms with Gasteiger partial charge in [0.1, 0.15) is 4.47 Å². The van der Waals surface area contributed by atoms with Crippen LogP contribution in [0, 0.1) is 0 Å². The van der Waals surface area contributed by atoms with Crippen molar-refractivity contribution in [3.8, 4) is 0 Å². The topological polar surface area (TPSA) is 34.9 Å². The third kappa shape index (κ3) is 2.56. The fourth-order valence-electron chi connectivity index (χ4n) is 1.16. The predicted molar refractivity (Wildman–Crippen MR) is 72.3 cm³/mol. The molecule has 3 nitrogen and oxygen atoms in total. The summed E-state index contributed by atoms with van der Waals surface area (Å²) < 4.78 is 2.82. The smallest absolute Gasteiger partial charge is 0.269 e. The number of hydrogen-bond acceptors (Lipinski definition) is 3. The Morgan fingerprint density at radius 2 is 2.25 bits per heavy atom. The van der Waals surface area contributed by atoms with Crippen molar-refractivity contribution in [3.63, 3.8) is 0 Å². The van der Waals surface area contributed by atoms with E-state index in [0.717, 1.165) is 9.35 Å². The Balaban J connectivity index is 2.36. The average Bonchev–Trinajstić information content (AvgIpc) is 2.65. The second kappa shape index (κ2) is 5.00. The van der Waals surface area contributed by atoms with Crippen LogP contribution in [0.2, 0.25) is 5.15 Å². The first kappa shape index (κ1) is 12.3. The summed E-state index contributed by atoms with van der Waals surface area (Å²) in [6.07, 6.45) is 1.45. The SMILES string of the molecule is O=c1c(Br)c(Cl)ncn1Cc1cc(Br)cs1. The maximum absolute atomic E-state index is 11.8. The van der Waals surface area contributed by atoms with Gasteiger partial charge in [0.15, 0.2) is 5.15 Å². The largest absolute Gasteiger partial charge is 0.293 e. The number of aromatic nitrogens is 2. The fraction of sp³-hybridized carbons (Fsp3) is 0.111. The molecule has 7 heteroatoms. The Morgan fingerprint density at radius 3 is 2.88 bits per heavy atom. The average molecular weight is 384 g/mol. The lowest BCUT2D eigenvalue weighted by molar-refractivity contribution is 0.740. The lowest BCUT2D eigenvalue weighted by Crippen LogP contribution is -2.21. The molecular weight excluding hydrogens is 379 g/mol. The molecule has 0 saturated carbocycles. The molecule has 0 N–H and O–H groups in total. The quantitative estimate of drug-likeness (QED) is 0.743. The van der Waals surface area contributed by atoms with Crippen molar-refractivity contribution < 1.29 is 0 Å². The van der Waals surface area contributed by atoms with E-state index in [1.54, 1.807) is 11.3 Å². The van der Waals surface area contributed by atoms with Gasteiger partial charge in [-0.2, -0.15) is 0 Å². The van der Waals surface area contributed by atoms with Crippen LogP contribution in [-0.4, -0.2) is 9.55 Å². The Hall–Kier alpha value is -0.170. The highest BCUT2D eigenvalue weighted by atomic mass is 79.9. The van der Waals surface area contributed by atoms with Crippen LogP contribution in [0.5, 0.6) is 0 Å². The van der Waals surface area contributed by atoms with Gasteiger partial charge in [0.2, 0.25) is 0 Å². The second-order valence-electron chi connectivity index (χ2n) is 3.01. The van der Waals surface area contributed by atoms with Crippen LogP contribution in [0.15, 0.2) is 31.5 Å². The molecule has 84 valence electrons. The van der Waals surface area contributed by atoms with Crippen molar-refractivity contribution in [1.29, 1.82) is 0 Å². The first-order valence-electron chi connectivity index (χ1n) is 4.21. The highest BCUT2D eigenvalue weighted by Gasteiger charge is 2.08. The Labute approximate surface area is 117 Å². The van der Waals surface area contributed by atoms with Gasteiger partial charge in [-0.05, 0) is 37.9 Å². The van der Waals surface area contributed by atoms with E-state index in [1.165, 1.54) is 10.9 Å². The second-order valence-corrected chi connectivity index (χ2v) is 6.08. The Kier molecular flexibility index (Phi) is 3.84. The van der Waals surface area contributed by atoms with E-state index >= 15 is 0 Å². The van der Waals surface area contributed by atoms with Gasteiger partial charge in [0, 0.05) is 14.7 Å². The van der Waals surface area contributed by atoms with Gasteiger partial charge in [-0.25, -0.2) is 4.98 Å². The van der Waals surface area contributed by atoms with Gasteiger partial charge in [-0.3, -0.25) is 9.36 Å². The van der Waals surface area contributed by atoms with Crippen LogP contribution in [0.3, 0.4) is 0 Å². The van der Waals surface area contributed by atoms with Crippen molar-refractivity contribution >= 4 is 54.8 Å². The monoisotopic (exact) mass is 382 g/mol. The number of thiophene rings is 1.